The number of nitro benzene ring substituents is 2. The average molecular weight is 422 g/mol. The molecule has 3 rings (SSSR count). The molecule has 1 aliphatic carbocycles. The first-order valence-electron chi connectivity index (χ1n) is 8.93. The number of halogens is 2. The van der Waals surface area contributed by atoms with E-state index in [1.165, 1.54) is 24.3 Å². The molecule has 0 amide bonds. The van der Waals surface area contributed by atoms with Gasteiger partial charge in [-0.1, -0.05) is 35.3 Å². The summed E-state index contributed by atoms with van der Waals surface area (Å²) in [5.74, 6) is -0.977. The second-order valence-electron chi connectivity index (χ2n) is 6.62. The van der Waals surface area contributed by atoms with E-state index in [0.717, 1.165) is 18.9 Å². The highest BCUT2D eigenvalue weighted by molar-refractivity contribution is 6.30. The van der Waals surface area contributed by atoms with E-state index in [9.17, 15) is 24.6 Å². The van der Waals surface area contributed by atoms with Crippen LogP contribution in [0.25, 0.3) is 0 Å². The smallest absolute Gasteiger partial charge is 0.280 e. The van der Waals surface area contributed by atoms with Crippen molar-refractivity contribution in [2.45, 2.75) is 38.2 Å². The maximum atomic E-state index is 14.0. The van der Waals surface area contributed by atoms with Gasteiger partial charge in [-0.05, 0) is 31.4 Å². The Morgan fingerprint density at radius 2 is 1.97 bits per heavy atom. The van der Waals surface area contributed by atoms with Gasteiger partial charge in [0.1, 0.15) is 12.4 Å². The van der Waals surface area contributed by atoms with Crippen LogP contribution in [-0.4, -0.2) is 15.6 Å². The summed E-state index contributed by atoms with van der Waals surface area (Å²) in [6.07, 6.45) is 2.84. The topological polar surface area (TPSA) is 108 Å². The second-order valence-corrected chi connectivity index (χ2v) is 7.03. The summed E-state index contributed by atoms with van der Waals surface area (Å²) in [7, 11) is 0. The lowest BCUT2D eigenvalue weighted by Crippen LogP contribution is -2.19. The minimum absolute atomic E-state index is 0.0178. The van der Waals surface area contributed by atoms with Gasteiger partial charge in [-0.15, -0.1) is 0 Å². The van der Waals surface area contributed by atoms with Crippen LogP contribution >= 0.6 is 11.6 Å². The monoisotopic (exact) mass is 421 g/mol. The van der Waals surface area contributed by atoms with E-state index in [4.69, 9.17) is 16.4 Å². The van der Waals surface area contributed by atoms with Crippen molar-refractivity contribution in [2.75, 3.05) is 0 Å². The normalized spacial score (nSPS) is 17.9. The molecule has 8 nitrogen and oxygen atoms in total. The Morgan fingerprint density at radius 3 is 2.69 bits per heavy atom. The fourth-order valence-electron chi connectivity index (χ4n) is 3.38. The van der Waals surface area contributed by atoms with Gasteiger partial charge in [0.05, 0.1) is 26.6 Å². The summed E-state index contributed by atoms with van der Waals surface area (Å²) in [5.41, 5.74) is 0.532. The van der Waals surface area contributed by atoms with E-state index in [1.807, 2.05) is 0 Å². The molecular weight excluding hydrogens is 405 g/mol. The molecule has 2 aromatic carbocycles. The van der Waals surface area contributed by atoms with Gasteiger partial charge in [-0.25, -0.2) is 4.39 Å². The summed E-state index contributed by atoms with van der Waals surface area (Å²) < 4.78 is 14.0. The van der Waals surface area contributed by atoms with Gasteiger partial charge in [0.15, 0.2) is 0 Å². The Hall–Kier alpha value is -3.07. The molecule has 0 N–H and O–H groups in total. The number of rotatable bonds is 6. The van der Waals surface area contributed by atoms with Gasteiger partial charge < -0.3 is 4.84 Å². The maximum absolute atomic E-state index is 14.0. The van der Waals surface area contributed by atoms with Crippen molar-refractivity contribution < 1.29 is 19.1 Å². The molecular formula is C19H17ClFN3O5. The average Bonchev–Trinajstić information content (AvgIpc) is 2.71. The van der Waals surface area contributed by atoms with Gasteiger partial charge in [0, 0.05) is 23.1 Å². The Balaban J connectivity index is 1.86. The van der Waals surface area contributed by atoms with Crippen LogP contribution in [0.5, 0.6) is 0 Å². The first-order chi connectivity index (χ1) is 13.9. The molecule has 0 aromatic heterocycles. The van der Waals surface area contributed by atoms with E-state index in [-0.39, 0.29) is 28.6 Å². The van der Waals surface area contributed by atoms with Crippen molar-refractivity contribution in [3.05, 3.63) is 78.6 Å². The molecule has 1 aliphatic rings. The summed E-state index contributed by atoms with van der Waals surface area (Å²) >= 11 is 5.75. The molecule has 0 bridgehead atoms. The molecule has 152 valence electrons. The van der Waals surface area contributed by atoms with Crippen LogP contribution in [0.4, 0.5) is 15.8 Å². The molecule has 0 unspecified atom stereocenters. The molecule has 0 radical (unpaired) electrons. The molecule has 2 aromatic rings. The van der Waals surface area contributed by atoms with Crippen LogP contribution in [0.1, 0.15) is 42.7 Å². The third-order valence-corrected chi connectivity index (χ3v) is 5.10. The summed E-state index contributed by atoms with van der Waals surface area (Å²) in [4.78, 5) is 26.4. The highest BCUT2D eigenvalue weighted by Gasteiger charge is 2.30. The van der Waals surface area contributed by atoms with Crippen molar-refractivity contribution in [1.82, 2.24) is 0 Å². The van der Waals surface area contributed by atoms with Gasteiger partial charge in [0.25, 0.3) is 11.4 Å². The van der Waals surface area contributed by atoms with Crippen molar-refractivity contribution in [1.29, 1.82) is 0 Å². The summed E-state index contributed by atoms with van der Waals surface area (Å²) in [5, 5.41) is 26.5. The van der Waals surface area contributed by atoms with Crippen LogP contribution in [0, 0.1) is 26.0 Å². The van der Waals surface area contributed by atoms with Crippen LogP contribution in [0.2, 0.25) is 5.02 Å². The SMILES string of the molecule is O=[N+]([O-])c1ccc([C@@H]2CCCC/C2=N\OCc2cccc(Cl)c2F)c([N+](=O)[O-])c1. The Morgan fingerprint density at radius 1 is 1.17 bits per heavy atom. The Labute approximate surface area is 170 Å². The van der Waals surface area contributed by atoms with Crippen molar-refractivity contribution in [2.24, 2.45) is 5.16 Å². The van der Waals surface area contributed by atoms with Crippen LogP contribution < -0.4 is 0 Å². The van der Waals surface area contributed by atoms with Gasteiger partial charge in [-0.3, -0.25) is 20.2 Å². The van der Waals surface area contributed by atoms with E-state index in [1.54, 1.807) is 6.07 Å². The largest absolute Gasteiger partial charge is 0.391 e. The quantitative estimate of drug-likeness (QED) is 0.450. The lowest BCUT2D eigenvalue weighted by atomic mass is 9.81. The third kappa shape index (κ3) is 4.68. The van der Waals surface area contributed by atoms with Crippen LogP contribution in [-0.2, 0) is 11.4 Å². The molecule has 0 saturated heterocycles. The van der Waals surface area contributed by atoms with E-state index < -0.39 is 21.6 Å². The fraction of sp³-hybridized carbons (Fsp3) is 0.316. The molecule has 10 heteroatoms. The number of non-ortho nitro benzene ring substituents is 1. The third-order valence-electron chi connectivity index (χ3n) is 4.81. The first kappa shape index (κ1) is 20.7. The number of nitro groups is 2. The predicted octanol–water partition coefficient (Wildman–Crippen LogP) is 5.53. The lowest BCUT2D eigenvalue weighted by Gasteiger charge is -2.23. The van der Waals surface area contributed by atoms with E-state index >= 15 is 0 Å². The lowest BCUT2D eigenvalue weighted by molar-refractivity contribution is -0.394. The van der Waals surface area contributed by atoms with Crippen molar-refractivity contribution >= 4 is 28.7 Å². The zero-order valence-corrected chi connectivity index (χ0v) is 16.0. The van der Waals surface area contributed by atoms with E-state index in [0.29, 0.717) is 24.1 Å². The minimum atomic E-state index is -0.671. The zero-order valence-electron chi connectivity index (χ0n) is 15.2. The number of oxime groups is 1. The molecule has 1 saturated carbocycles. The Kier molecular flexibility index (Phi) is 6.38. The van der Waals surface area contributed by atoms with Gasteiger partial charge >= 0.3 is 0 Å². The fourth-order valence-corrected chi connectivity index (χ4v) is 3.58. The van der Waals surface area contributed by atoms with E-state index in [2.05, 4.69) is 5.16 Å². The van der Waals surface area contributed by atoms with Crippen molar-refractivity contribution in [3.8, 4) is 0 Å². The maximum Gasteiger partial charge on any atom is 0.280 e. The first-order valence-corrected chi connectivity index (χ1v) is 9.30. The molecule has 0 heterocycles. The molecule has 29 heavy (non-hydrogen) atoms. The highest BCUT2D eigenvalue weighted by Crippen LogP contribution is 2.37. The zero-order chi connectivity index (χ0) is 21.0. The summed E-state index contributed by atoms with van der Waals surface area (Å²) in [6.45, 7) is -0.134. The number of hydrogen-bond donors (Lipinski definition) is 0. The standard InChI is InChI=1S/C19H17ClFN3O5/c20-16-6-3-4-12(19(16)21)11-29-22-17-7-2-1-5-14(17)15-9-8-13(23(25)26)10-18(15)24(27)28/h3-4,6,8-10,14H,1-2,5,7,11H2/b22-17+/t14-/m0/s1. The van der Waals surface area contributed by atoms with Crippen LogP contribution in [0.15, 0.2) is 41.6 Å². The van der Waals surface area contributed by atoms with Gasteiger partial charge in [-0.2, -0.15) is 0 Å². The predicted molar refractivity (Wildman–Crippen MR) is 105 cm³/mol. The molecule has 0 spiro atoms. The Bertz CT molecular complexity index is 982. The van der Waals surface area contributed by atoms with Crippen LogP contribution in [0.3, 0.4) is 0 Å². The number of benzene rings is 2. The highest BCUT2D eigenvalue weighted by atomic mass is 35.5. The molecule has 1 atom stereocenters. The summed E-state index contributed by atoms with van der Waals surface area (Å²) in [6, 6.07) is 8.16. The van der Waals surface area contributed by atoms with Crippen molar-refractivity contribution in [3.63, 3.8) is 0 Å². The van der Waals surface area contributed by atoms with Gasteiger partial charge in [0.2, 0.25) is 0 Å². The second kappa shape index (κ2) is 8.95. The number of nitrogens with zero attached hydrogens (tertiary/aromatic N) is 3. The minimum Gasteiger partial charge on any atom is -0.391 e. The number of hydrogen-bond acceptors (Lipinski definition) is 6. The molecule has 0 aliphatic heterocycles. The molecule has 1 fully saturated rings.